The average molecular weight is 387 g/mol. The maximum atomic E-state index is 12.6. The highest BCUT2D eigenvalue weighted by molar-refractivity contribution is 5.78. The number of ketones is 1. The summed E-state index contributed by atoms with van der Waals surface area (Å²) in [5.41, 5.74) is 2.27. The van der Waals surface area contributed by atoms with Gasteiger partial charge in [0.25, 0.3) is 0 Å². The van der Waals surface area contributed by atoms with Gasteiger partial charge in [-0.15, -0.1) is 0 Å². The van der Waals surface area contributed by atoms with Crippen LogP contribution in [0, 0.1) is 40.4 Å². The number of carbonyl (C=O) groups excluding carboxylic acids is 1. The number of hydrogen-bond donors (Lipinski definition) is 1. The molecule has 4 rings (SSSR count). The van der Waals surface area contributed by atoms with Gasteiger partial charge in [0.2, 0.25) is 0 Å². The molecule has 7 atom stereocenters. The van der Waals surface area contributed by atoms with E-state index in [-0.39, 0.29) is 6.10 Å². The van der Waals surface area contributed by atoms with Crippen LogP contribution in [-0.2, 0) is 4.79 Å². The van der Waals surface area contributed by atoms with E-state index >= 15 is 0 Å². The average Bonchev–Trinajstić information content (AvgIpc) is 2.97. The lowest BCUT2D eigenvalue weighted by Crippen LogP contribution is -2.50. The second-order valence-corrected chi connectivity index (χ2v) is 11.7. The summed E-state index contributed by atoms with van der Waals surface area (Å²) >= 11 is 0. The minimum atomic E-state index is -0.113. The van der Waals surface area contributed by atoms with Crippen molar-refractivity contribution in [2.45, 2.75) is 104 Å². The molecule has 3 fully saturated rings. The Morgan fingerprint density at radius 3 is 2.68 bits per heavy atom. The summed E-state index contributed by atoms with van der Waals surface area (Å²) in [6, 6.07) is 0. The van der Waals surface area contributed by atoms with Crippen molar-refractivity contribution < 1.29 is 9.90 Å². The molecule has 6 unspecified atom stereocenters. The van der Waals surface area contributed by atoms with E-state index in [1.807, 2.05) is 0 Å². The first-order valence-corrected chi connectivity index (χ1v) is 12.1. The molecule has 0 aliphatic heterocycles. The molecule has 0 aromatic heterocycles. The molecule has 0 saturated heterocycles. The number of allylic oxidation sites excluding steroid dienone is 1. The van der Waals surface area contributed by atoms with Crippen LogP contribution < -0.4 is 0 Å². The number of fused-ring (bicyclic) bond motifs is 5. The predicted molar refractivity (Wildman–Crippen MR) is 115 cm³/mol. The lowest BCUT2D eigenvalue weighted by Gasteiger charge is -2.58. The van der Waals surface area contributed by atoms with Crippen LogP contribution >= 0.6 is 0 Å². The maximum absolute atomic E-state index is 12.6. The Bertz CT molecular complexity index is 634. The number of aliphatic hydroxyl groups is 1. The lowest BCUT2D eigenvalue weighted by atomic mass is 9.47. The molecule has 0 heterocycles. The predicted octanol–water partition coefficient (Wildman–Crippen LogP) is 6.32. The van der Waals surface area contributed by atoms with E-state index in [0.717, 1.165) is 49.9 Å². The van der Waals surface area contributed by atoms with E-state index in [4.69, 9.17) is 0 Å². The van der Waals surface area contributed by atoms with Crippen molar-refractivity contribution in [3.05, 3.63) is 11.6 Å². The van der Waals surface area contributed by atoms with Gasteiger partial charge >= 0.3 is 0 Å². The molecule has 28 heavy (non-hydrogen) atoms. The van der Waals surface area contributed by atoms with Crippen LogP contribution in [0.3, 0.4) is 0 Å². The summed E-state index contributed by atoms with van der Waals surface area (Å²) in [6.07, 6.45) is 14.6. The van der Waals surface area contributed by atoms with Gasteiger partial charge in [0, 0.05) is 12.8 Å². The van der Waals surface area contributed by atoms with Crippen LogP contribution in [0.1, 0.15) is 98.3 Å². The van der Waals surface area contributed by atoms with Crippen molar-refractivity contribution in [3.63, 3.8) is 0 Å². The SMILES string of the molecule is CC(C)CCC(=O)C[C@H]1CCC2C3CC=C4CC(O)CCC4(C)C3CCC21C. The van der Waals surface area contributed by atoms with Gasteiger partial charge in [0.15, 0.2) is 0 Å². The van der Waals surface area contributed by atoms with Crippen LogP contribution in [0.2, 0.25) is 0 Å². The zero-order valence-electron chi connectivity index (χ0n) is 18.7. The maximum Gasteiger partial charge on any atom is 0.133 e. The van der Waals surface area contributed by atoms with Gasteiger partial charge in [-0.25, -0.2) is 0 Å². The molecular formula is C26H42O2. The zero-order valence-corrected chi connectivity index (χ0v) is 18.7. The molecule has 0 radical (unpaired) electrons. The first-order chi connectivity index (χ1) is 13.2. The van der Waals surface area contributed by atoms with Gasteiger partial charge < -0.3 is 5.11 Å². The largest absolute Gasteiger partial charge is 0.393 e. The van der Waals surface area contributed by atoms with E-state index < -0.39 is 0 Å². The fourth-order valence-corrected chi connectivity index (χ4v) is 7.91. The van der Waals surface area contributed by atoms with Crippen molar-refractivity contribution in [1.29, 1.82) is 0 Å². The fraction of sp³-hybridized carbons (Fsp3) is 0.885. The summed E-state index contributed by atoms with van der Waals surface area (Å²) in [7, 11) is 0. The standard InChI is InChI=1S/C26H42O2/c1-17(2)5-8-20(27)15-19-7-10-23-22-9-6-18-16-21(28)11-13-25(18,3)24(22)12-14-26(19,23)4/h6,17,19,21-24,28H,5,7-16H2,1-4H3/t19-,21?,22?,23?,24?,25?,26?/m1/s1. The summed E-state index contributed by atoms with van der Waals surface area (Å²) in [5, 5.41) is 10.2. The summed E-state index contributed by atoms with van der Waals surface area (Å²) < 4.78 is 0. The number of Topliss-reactive ketones (excluding diaryl/α,β-unsaturated/α-hetero) is 1. The molecule has 0 bridgehead atoms. The number of aliphatic hydroxyl groups excluding tert-OH is 1. The number of hydrogen-bond acceptors (Lipinski definition) is 2. The van der Waals surface area contributed by atoms with Crippen LogP contribution in [0.25, 0.3) is 0 Å². The Balaban J connectivity index is 1.48. The minimum absolute atomic E-state index is 0.113. The van der Waals surface area contributed by atoms with E-state index in [9.17, 15) is 9.90 Å². The lowest BCUT2D eigenvalue weighted by molar-refractivity contribution is -0.122. The van der Waals surface area contributed by atoms with Gasteiger partial charge in [-0.1, -0.05) is 39.3 Å². The highest BCUT2D eigenvalue weighted by atomic mass is 16.3. The van der Waals surface area contributed by atoms with Crippen LogP contribution in [-0.4, -0.2) is 17.0 Å². The zero-order chi connectivity index (χ0) is 20.1. The quantitative estimate of drug-likeness (QED) is 0.561. The Kier molecular flexibility index (Phi) is 5.57. The van der Waals surface area contributed by atoms with Crippen LogP contribution in [0.15, 0.2) is 11.6 Å². The van der Waals surface area contributed by atoms with Gasteiger partial charge in [0.05, 0.1) is 6.10 Å². The number of rotatable bonds is 5. The monoisotopic (exact) mass is 386 g/mol. The topological polar surface area (TPSA) is 37.3 Å². The normalized spacial score (nSPS) is 45.2. The molecule has 1 N–H and O–H groups in total. The van der Waals surface area contributed by atoms with E-state index in [1.54, 1.807) is 5.57 Å². The first kappa shape index (κ1) is 20.6. The molecule has 2 heteroatoms. The molecule has 4 aliphatic rings. The Morgan fingerprint density at radius 2 is 1.93 bits per heavy atom. The molecule has 0 spiro atoms. The first-order valence-electron chi connectivity index (χ1n) is 12.1. The molecule has 0 amide bonds. The third kappa shape index (κ3) is 3.42. The van der Waals surface area contributed by atoms with E-state index in [0.29, 0.717) is 28.4 Å². The van der Waals surface area contributed by atoms with Gasteiger partial charge in [-0.2, -0.15) is 0 Å². The fourth-order valence-electron chi connectivity index (χ4n) is 7.91. The van der Waals surface area contributed by atoms with Gasteiger partial charge in [-0.3, -0.25) is 4.79 Å². The molecule has 158 valence electrons. The highest BCUT2D eigenvalue weighted by Gasteiger charge is 2.58. The molecule has 0 aromatic rings. The second kappa shape index (κ2) is 7.56. The Hall–Kier alpha value is -0.630. The molecule has 4 aliphatic carbocycles. The molecular weight excluding hydrogens is 344 g/mol. The van der Waals surface area contributed by atoms with Crippen LogP contribution in [0.5, 0.6) is 0 Å². The second-order valence-electron chi connectivity index (χ2n) is 11.7. The van der Waals surface area contributed by atoms with E-state index in [1.165, 1.54) is 38.5 Å². The minimum Gasteiger partial charge on any atom is -0.393 e. The van der Waals surface area contributed by atoms with Crippen molar-refractivity contribution in [2.75, 3.05) is 0 Å². The smallest absolute Gasteiger partial charge is 0.133 e. The highest BCUT2D eigenvalue weighted by Crippen LogP contribution is 2.66. The molecule has 0 aromatic carbocycles. The van der Waals surface area contributed by atoms with Crippen molar-refractivity contribution in [1.82, 2.24) is 0 Å². The summed E-state index contributed by atoms with van der Waals surface area (Å²) in [4.78, 5) is 12.6. The molecule has 2 nitrogen and oxygen atoms in total. The van der Waals surface area contributed by atoms with Gasteiger partial charge in [0.1, 0.15) is 5.78 Å². The van der Waals surface area contributed by atoms with Crippen molar-refractivity contribution in [3.8, 4) is 0 Å². The molecule has 3 saturated carbocycles. The Morgan fingerprint density at radius 1 is 1.14 bits per heavy atom. The van der Waals surface area contributed by atoms with Crippen molar-refractivity contribution in [2.24, 2.45) is 40.4 Å². The third-order valence-corrected chi connectivity index (χ3v) is 9.75. The summed E-state index contributed by atoms with van der Waals surface area (Å²) in [5.74, 6) is 4.16. The van der Waals surface area contributed by atoms with E-state index in [2.05, 4.69) is 33.8 Å². The van der Waals surface area contributed by atoms with Crippen molar-refractivity contribution >= 4 is 5.78 Å². The van der Waals surface area contributed by atoms with Gasteiger partial charge in [-0.05, 0) is 98.2 Å². The third-order valence-electron chi connectivity index (χ3n) is 9.75. The number of carbonyl (C=O) groups is 1. The Labute approximate surface area is 172 Å². The van der Waals surface area contributed by atoms with Crippen LogP contribution in [0.4, 0.5) is 0 Å². The summed E-state index contributed by atoms with van der Waals surface area (Å²) in [6.45, 7) is 9.48.